The molecule has 2 aromatic carbocycles. The van der Waals surface area contributed by atoms with E-state index in [1.54, 1.807) is 13.2 Å². The molecule has 1 atom stereocenters. The van der Waals surface area contributed by atoms with Crippen LogP contribution in [0, 0.1) is 0 Å². The van der Waals surface area contributed by atoms with Gasteiger partial charge in [-0.25, -0.2) is 4.98 Å². The number of aliphatic imine (C=N–C) groups is 1. The maximum atomic E-state index is 6.14. The zero-order chi connectivity index (χ0) is 20.3. The summed E-state index contributed by atoms with van der Waals surface area (Å²) in [5.41, 5.74) is 3.19. The summed E-state index contributed by atoms with van der Waals surface area (Å²) >= 11 is 0. The van der Waals surface area contributed by atoms with Crippen molar-refractivity contribution in [2.24, 2.45) is 4.99 Å². The van der Waals surface area contributed by atoms with Crippen LogP contribution in [-0.2, 0) is 6.54 Å². The summed E-state index contributed by atoms with van der Waals surface area (Å²) in [7, 11) is 1.80. The molecule has 0 saturated carbocycles. The van der Waals surface area contributed by atoms with E-state index < -0.39 is 0 Å². The molecule has 0 spiro atoms. The van der Waals surface area contributed by atoms with E-state index >= 15 is 0 Å². The van der Waals surface area contributed by atoms with Gasteiger partial charge in [-0.2, -0.15) is 0 Å². The second-order valence-corrected chi connectivity index (χ2v) is 7.83. The normalized spacial score (nSPS) is 17.3. The van der Waals surface area contributed by atoms with Crippen LogP contribution in [0.4, 0.5) is 0 Å². The van der Waals surface area contributed by atoms with Crippen molar-refractivity contribution < 1.29 is 4.74 Å². The van der Waals surface area contributed by atoms with E-state index in [2.05, 4.69) is 52.7 Å². The van der Waals surface area contributed by atoms with Crippen LogP contribution in [-0.4, -0.2) is 28.2 Å². The van der Waals surface area contributed by atoms with E-state index in [-0.39, 0.29) is 35.6 Å². The first-order chi connectivity index (χ1) is 14.1. The number of hydrogen-bond acceptors (Lipinski definition) is 3. The molecular weight excluding hydrogens is 489 g/mol. The third kappa shape index (κ3) is 4.95. The van der Waals surface area contributed by atoms with Gasteiger partial charge in [-0.1, -0.05) is 36.4 Å². The van der Waals surface area contributed by atoms with Crippen LogP contribution in [0.25, 0.3) is 5.69 Å². The van der Waals surface area contributed by atoms with Crippen molar-refractivity contribution in [1.29, 1.82) is 0 Å². The molecule has 1 aliphatic rings. The number of nitrogens with zero attached hydrogens (tertiary/aromatic N) is 3. The van der Waals surface area contributed by atoms with Gasteiger partial charge in [-0.3, -0.25) is 4.99 Å². The lowest BCUT2D eigenvalue weighted by Gasteiger charge is -2.38. The molecule has 30 heavy (non-hydrogen) atoms. The number of benzene rings is 2. The minimum absolute atomic E-state index is 0. The Kier molecular flexibility index (Phi) is 7.02. The molecule has 3 aromatic rings. The molecule has 0 aliphatic carbocycles. The molecule has 0 bridgehead atoms. The minimum Gasteiger partial charge on any atom is -0.487 e. The van der Waals surface area contributed by atoms with E-state index in [1.165, 1.54) is 5.56 Å². The molecule has 0 radical (unpaired) electrons. The van der Waals surface area contributed by atoms with Crippen LogP contribution < -0.4 is 15.4 Å². The highest BCUT2D eigenvalue weighted by atomic mass is 127. The highest BCUT2D eigenvalue weighted by molar-refractivity contribution is 14.0. The van der Waals surface area contributed by atoms with Gasteiger partial charge >= 0.3 is 0 Å². The Morgan fingerprint density at radius 3 is 2.73 bits per heavy atom. The molecule has 158 valence electrons. The van der Waals surface area contributed by atoms with Crippen LogP contribution >= 0.6 is 24.0 Å². The first-order valence-electron chi connectivity index (χ1n) is 9.87. The molecule has 2 N–H and O–H groups in total. The third-order valence-corrected chi connectivity index (χ3v) is 5.13. The fourth-order valence-electron chi connectivity index (χ4n) is 3.78. The van der Waals surface area contributed by atoms with E-state index in [0.29, 0.717) is 6.54 Å². The molecule has 6 nitrogen and oxygen atoms in total. The number of rotatable bonds is 4. The zero-order valence-electron chi connectivity index (χ0n) is 17.5. The van der Waals surface area contributed by atoms with Crippen molar-refractivity contribution in [1.82, 2.24) is 20.2 Å². The van der Waals surface area contributed by atoms with Crippen LogP contribution in [0.15, 0.2) is 72.2 Å². The standard InChI is InChI=1S/C23H27N5O.HI/c1-23(2)14-19(18-9-5-7-11-21(18)29-23)27-22(24-3)26-15-17-8-4-6-10-20(17)28-13-12-25-16-28;/h4-13,16,19H,14-15H2,1-3H3,(H2,24,26,27);1H. The van der Waals surface area contributed by atoms with E-state index in [1.807, 2.05) is 47.4 Å². The van der Waals surface area contributed by atoms with Gasteiger partial charge in [0.2, 0.25) is 0 Å². The van der Waals surface area contributed by atoms with Gasteiger partial charge in [0, 0.05) is 38.0 Å². The second kappa shape index (κ2) is 9.51. The highest BCUT2D eigenvalue weighted by Gasteiger charge is 2.33. The topological polar surface area (TPSA) is 63.5 Å². The Labute approximate surface area is 194 Å². The molecule has 7 heteroatoms. The number of guanidine groups is 1. The van der Waals surface area contributed by atoms with Crippen molar-refractivity contribution in [2.75, 3.05) is 7.05 Å². The molecule has 1 unspecified atom stereocenters. The maximum absolute atomic E-state index is 6.14. The molecule has 1 aliphatic heterocycles. The summed E-state index contributed by atoms with van der Waals surface area (Å²) in [6, 6.07) is 16.6. The van der Waals surface area contributed by atoms with Crippen molar-refractivity contribution >= 4 is 29.9 Å². The number of fused-ring (bicyclic) bond motifs is 1. The summed E-state index contributed by atoms with van der Waals surface area (Å²) in [6.45, 7) is 4.90. The van der Waals surface area contributed by atoms with Crippen molar-refractivity contribution in [2.45, 2.75) is 38.5 Å². The molecule has 0 amide bonds. The number of halogens is 1. The monoisotopic (exact) mass is 517 g/mol. The van der Waals surface area contributed by atoms with Gasteiger partial charge in [0.15, 0.2) is 5.96 Å². The molecular formula is C23H28IN5O. The lowest BCUT2D eigenvalue weighted by Crippen LogP contribution is -2.45. The van der Waals surface area contributed by atoms with Crippen molar-refractivity contribution in [3.8, 4) is 11.4 Å². The Morgan fingerprint density at radius 2 is 1.97 bits per heavy atom. The number of aromatic nitrogens is 2. The average Bonchev–Trinajstić information content (AvgIpc) is 3.25. The number of nitrogens with one attached hydrogen (secondary N) is 2. The van der Waals surface area contributed by atoms with Gasteiger partial charge in [0.1, 0.15) is 11.4 Å². The molecule has 1 aromatic heterocycles. The first-order valence-corrected chi connectivity index (χ1v) is 9.87. The zero-order valence-corrected chi connectivity index (χ0v) is 19.8. The van der Waals surface area contributed by atoms with Gasteiger partial charge < -0.3 is 19.9 Å². The number of para-hydroxylation sites is 2. The first kappa shape index (κ1) is 22.1. The van der Waals surface area contributed by atoms with Crippen LogP contribution in [0.1, 0.15) is 37.4 Å². The number of ether oxygens (including phenoxy) is 1. The highest BCUT2D eigenvalue weighted by Crippen LogP contribution is 2.39. The summed E-state index contributed by atoms with van der Waals surface area (Å²) < 4.78 is 8.16. The fourth-order valence-corrected chi connectivity index (χ4v) is 3.78. The van der Waals surface area contributed by atoms with E-state index in [0.717, 1.165) is 29.4 Å². The number of imidazole rings is 1. The summed E-state index contributed by atoms with van der Waals surface area (Å²) in [6.07, 6.45) is 6.41. The minimum atomic E-state index is -0.237. The van der Waals surface area contributed by atoms with Gasteiger partial charge in [-0.15, -0.1) is 24.0 Å². The van der Waals surface area contributed by atoms with E-state index in [9.17, 15) is 0 Å². The largest absolute Gasteiger partial charge is 0.487 e. The molecule has 4 rings (SSSR count). The Bertz CT molecular complexity index is 1000. The van der Waals surface area contributed by atoms with Crippen molar-refractivity contribution in [3.63, 3.8) is 0 Å². The second-order valence-electron chi connectivity index (χ2n) is 7.83. The van der Waals surface area contributed by atoms with Crippen LogP contribution in [0.2, 0.25) is 0 Å². The molecule has 2 heterocycles. The van der Waals surface area contributed by atoms with Gasteiger partial charge in [-0.05, 0) is 31.5 Å². The molecule has 0 fully saturated rings. The number of hydrogen-bond donors (Lipinski definition) is 2. The SMILES string of the molecule is CN=C(NCc1ccccc1-n1ccnc1)NC1CC(C)(C)Oc2ccccc21.I. The summed E-state index contributed by atoms with van der Waals surface area (Å²) in [4.78, 5) is 8.60. The van der Waals surface area contributed by atoms with Crippen LogP contribution in [0.5, 0.6) is 5.75 Å². The lowest BCUT2D eigenvalue weighted by molar-refractivity contribution is 0.0694. The smallest absolute Gasteiger partial charge is 0.191 e. The van der Waals surface area contributed by atoms with Gasteiger partial charge in [0.05, 0.1) is 18.1 Å². The maximum Gasteiger partial charge on any atom is 0.191 e. The Morgan fingerprint density at radius 1 is 1.20 bits per heavy atom. The van der Waals surface area contributed by atoms with Crippen LogP contribution in [0.3, 0.4) is 0 Å². The third-order valence-electron chi connectivity index (χ3n) is 5.13. The predicted octanol–water partition coefficient (Wildman–Crippen LogP) is 4.46. The molecule has 0 saturated heterocycles. The Hall–Kier alpha value is -2.55. The quantitative estimate of drug-likeness (QED) is 0.305. The Balaban J connectivity index is 0.00000256. The summed E-state index contributed by atoms with van der Waals surface area (Å²) in [5.74, 6) is 1.70. The summed E-state index contributed by atoms with van der Waals surface area (Å²) in [5, 5.41) is 7.04. The van der Waals surface area contributed by atoms with Crippen molar-refractivity contribution in [3.05, 3.63) is 78.4 Å². The fraction of sp³-hybridized carbons (Fsp3) is 0.304. The lowest BCUT2D eigenvalue weighted by atomic mass is 9.90. The predicted molar refractivity (Wildman–Crippen MR) is 131 cm³/mol. The van der Waals surface area contributed by atoms with Gasteiger partial charge in [0.25, 0.3) is 0 Å². The van der Waals surface area contributed by atoms with E-state index in [4.69, 9.17) is 4.74 Å². The average molecular weight is 517 g/mol.